The molecule has 1 fully saturated rings. The standard InChI is InChI=1S/C22H20BrNO4S2/c1-3-11-28-17-10-9-16(23)12-15(17)13-18-20(25)24(22(29)30-18)19(21(26)27-2)14-7-5-4-6-8-14/h4-10,12-13,19H,3,11H2,1-2H3/b18-13+. The smallest absolute Gasteiger partial charge is 0.333 e. The highest BCUT2D eigenvalue weighted by Gasteiger charge is 2.42. The Morgan fingerprint density at radius 1 is 1.27 bits per heavy atom. The van der Waals surface area contributed by atoms with Gasteiger partial charge in [0.1, 0.15) is 10.1 Å². The second kappa shape index (κ2) is 10.2. The highest BCUT2D eigenvalue weighted by molar-refractivity contribution is 9.10. The monoisotopic (exact) mass is 505 g/mol. The van der Waals surface area contributed by atoms with E-state index in [1.807, 2.05) is 31.2 Å². The lowest BCUT2D eigenvalue weighted by atomic mass is 10.1. The molecule has 1 atom stereocenters. The molecule has 0 bridgehead atoms. The predicted molar refractivity (Wildman–Crippen MR) is 126 cm³/mol. The molecule has 30 heavy (non-hydrogen) atoms. The predicted octanol–water partition coefficient (Wildman–Crippen LogP) is 5.35. The number of rotatable bonds is 7. The molecule has 0 saturated carbocycles. The Bertz CT molecular complexity index is 994. The molecule has 1 saturated heterocycles. The van der Waals surface area contributed by atoms with Gasteiger partial charge in [-0.25, -0.2) is 4.79 Å². The van der Waals surface area contributed by atoms with Crippen molar-refractivity contribution in [3.05, 3.63) is 69.0 Å². The molecule has 0 radical (unpaired) electrons. The van der Waals surface area contributed by atoms with Crippen LogP contribution in [0.25, 0.3) is 6.08 Å². The van der Waals surface area contributed by atoms with Crippen molar-refractivity contribution in [2.45, 2.75) is 19.4 Å². The van der Waals surface area contributed by atoms with Crippen LogP contribution in [0.4, 0.5) is 0 Å². The zero-order valence-electron chi connectivity index (χ0n) is 16.5. The number of thioether (sulfide) groups is 1. The Hall–Kier alpha value is -2.16. The Morgan fingerprint density at radius 3 is 2.67 bits per heavy atom. The van der Waals surface area contributed by atoms with E-state index in [9.17, 15) is 9.59 Å². The van der Waals surface area contributed by atoms with Crippen LogP contribution < -0.4 is 4.74 Å². The zero-order chi connectivity index (χ0) is 21.7. The number of carbonyl (C=O) groups excluding carboxylic acids is 2. The summed E-state index contributed by atoms with van der Waals surface area (Å²) < 4.78 is 11.9. The van der Waals surface area contributed by atoms with Crippen molar-refractivity contribution < 1.29 is 19.1 Å². The fourth-order valence-corrected chi connectivity index (χ4v) is 4.64. The second-order valence-corrected chi connectivity index (χ2v) is 9.01. The van der Waals surface area contributed by atoms with E-state index >= 15 is 0 Å². The molecule has 5 nitrogen and oxygen atoms in total. The number of methoxy groups -OCH3 is 1. The first-order valence-corrected chi connectivity index (χ1v) is 11.3. The number of amides is 1. The molecular weight excluding hydrogens is 486 g/mol. The number of esters is 1. The summed E-state index contributed by atoms with van der Waals surface area (Å²) in [4.78, 5) is 27.5. The van der Waals surface area contributed by atoms with E-state index in [1.165, 1.54) is 12.0 Å². The summed E-state index contributed by atoms with van der Waals surface area (Å²) >= 11 is 10.1. The third-order valence-corrected chi connectivity index (χ3v) is 6.17. The highest BCUT2D eigenvalue weighted by Crippen LogP contribution is 2.39. The van der Waals surface area contributed by atoms with Crippen LogP contribution >= 0.6 is 39.9 Å². The van der Waals surface area contributed by atoms with Crippen molar-refractivity contribution in [2.24, 2.45) is 0 Å². The first-order chi connectivity index (χ1) is 14.5. The maximum absolute atomic E-state index is 13.3. The number of hydrogen-bond acceptors (Lipinski definition) is 6. The molecule has 1 unspecified atom stereocenters. The largest absolute Gasteiger partial charge is 0.493 e. The number of thiocarbonyl (C=S) groups is 1. The lowest BCUT2D eigenvalue weighted by Gasteiger charge is -2.24. The van der Waals surface area contributed by atoms with Gasteiger partial charge in [-0.05, 0) is 36.3 Å². The summed E-state index contributed by atoms with van der Waals surface area (Å²) in [5.41, 5.74) is 1.39. The van der Waals surface area contributed by atoms with Gasteiger partial charge in [0.15, 0.2) is 6.04 Å². The summed E-state index contributed by atoms with van der Waals surface area (Å²) in [6, 6.07) is 13.7. The molecule has 0 aliphatic carbocycles. The fourth-order valence-electron chi connectivity index (χ4n) is 2.96. The van der Waals surface area contributed by atoms with Crippen molar-refractivity contribution in [1.29, 1.82) is 0 Å². The number of ether oxygens (including phenoxy) is 2. The number of halogens is 1. The van der Waals surface area contributed by atoms with Gasteiger partial charge in [0.05, 0.1) is 18.6 Å². The number of nitrogens with zero attached hydrogens (tertiary/aromatic N) is 1. The van der Waals surface area contributed by atoms with Gasteiger partial charge in [0.25, 0.3) is 5.91 Å². The van der Waals surface area contributed by atoms with Crippen LogP contribution in [-0.4, -0.2) is 34.8 Å². The second-order valence-electron chi connectivity index (χ2n) is 6.42. The van der Waals surface area contributed by atoms with E-state index in [2.05, 4.69) is 15.9 Å². The van der Waals surface area contributed by atoms with E-state index in [-0.39, 0.29) is 5.91 Å². The van der Waals surface area contributed by atoms with E-state index in [1.54, 1.807) is 30.3 Å². The van der Waals surface area contributed by atoms with Crippen molar-refractivity contribution in [2.75, 3.05) is 13.7 Å². The molecule has 1 aliphatic rings. The molecule has 2 aromatic carbocycles. The average Bonchev–Trinajstić information content (AvgIpc) is 3.02. The lowest BCUT2D eigenvalue weighted by Crippen LogP contribution is -2.37. The van der Waals surface area contributed by atoms with Gasteiger partial charge in [0.2, 0.25) is 0 Å². The van der Waals surface area contributed by atoms with Gasteiger partial charge in [-0.15, -0.1) is 0 Å². The van der Waals surface area contributed by atoms with E-state index in [0.29, 0.717) is 27.1 Å². The fraction of sp³-hybridized carbons (Fsp3) is 0.227. The van der Waals surface area contributed by atoms with E-state index in [0.717, 1.165) is 28.2 Å². The summed E-state index contributed by atoms with van der Waals surface area (Å²) in [5, 5.41) is 0. The molecule has 3 rings (SSSR count). The van der Waals surface area contributed by atoms with Crippen LogP contribution in [0.1, 0.15) is 30.5 Å². The Morgan fingerprint density at radius 2 is 2.00 bits per heavy atom. The maximum Gasteiger partial charge on any atom is 0.333 e. The average molecular weight is 506 g/mol. The Balaban J connectivity index is 1.98. The van der Waals surface area contributed by atoms with Crippen molar-refractivity contribution >= 4 is 62.2 Å². The molecule has 1 aliphatic heterocycles. The molecule has 156 valence electrons. The third kappa shape index (κ3) is 4.94. The molecule has 0 aromatic heterocycles. The molecule has 1 amide bonds. The molecule has 0 spiro atoms. The summed E-state index contributed by atoms with van der Waals surface area (Å²) in [7, 11) is 1.30. The Kier molecular flexibility index (Phi) is 7.69. The van der Waals surface area contributed by atoms with Crippen LogP contribution in [0.2, 0.25) is 0 Å². The highest BCUT2D eigenvalue weighted by atomic mass is 79.9. The van der Waals surface area contributed by atoms with Gasteiger partial charge in [-0.2, -0.15) is 0 Å². The van der Waals surface area contributed by atoms with Gasteiger partial charge in [-0.3, -0.25) is 9.69 Å². The quantitative estimate of drug-likeness (QED) is 0.287. The summed E-state index contributed by atoms with van der Waals surface area (Å²) in [6.45, 7) is 2.60. The van der Waals surface area contributed by atoms with Crippen LogP contribution in [0, 0.1) is 0 Å². The minimum Gasteiger partial charge on any atom is -0.493 e. The van der Waals surface area contributed by atoms with Crippen LogP contribution in [-0.2, 0) is 14.3 Å². The summed E-state index contributed by atoms with van der Waals surface area (Å²) in [5.74, 6) is -0.211. The number of hydrogen-bond donors (Lipinski definition) is 0. The minimum absolute atomic E-state index is 0.302. The van der Waals surface area contributed by atoms with Crippen molar-refractivity contribution in [3.8, 4) is 5.75 Å². The van der Waals surface area contributed by atoms with Gasteiger partial charge in [-0.1, -0.05) is 77.2 Å². The van der Waals surface area contributed by atoms with Crippen LogP contribution in [0.5, 0.6) is 5.75 Å². The normalized spacial score (nSPS) is 16.1. The molecule has 2 aromatic rings. The number of benzene rings is 2. The minimum atomic E-state index is -0.937. The SMILES string of the molecule is CCCOc1ccc(Br)cc1/C=C1/SC(=S)N(C(C(=O)OC)c2ccccc2)C1=O. The number of carbonyl (C=O) groups is 2. The summed E-state index contributed by atoms with van der Waals surface area (Å²) in [6.07, 6.45) is 2.61. The van der Waals surface area contributed by atoms with E-state index < -0.39 is 12.0 Å². The van der Waals surface area contributed by atoms with Crippen molar-refractivity contribution in [1.82, 2.24) is 4.90 Å². The van der Waals surface area contributed by atoms with Gasteiger partial charge in [0, 0.05) is 10.0 Å². The van der Waals surface area contributed by atoms with Crippen molar-refractivity contribution in [3.63, 3.8) is 0 Å². The van der Waals surface area contributed by atoms with E-state index in [4.69, 9.17) is 21.7 Å². The topological polar surface area (TPSA) is 55.8 Å². The first-order valence-electron chi connectivity index (χ1n) is 9.28. The molecule has 0 N–H and O–H groups in total. The first kappa shape index (κ1) is 22.5. The molecular formula is C22H20BrNO4S2. The third-order valence-electron chi connectivity index (χ3n) is 4.34. The van der Waals surface area contributed by atoms with Crippen LogP contribution in [0.15, 0.2) is 57.9 Å². The lowest BCUT2D eigenvalue weighted by molar-refractivity contribution is -0.148. The van der Waals surface area contributed by atoms with Gasteiger partial charge >= 0.3 is 5.97 Å². The maximum atomic E-state index is 13.3. The Labute approximate surface area is 193 Å². The molecule has 1 heterocycles. The van der Waals surface area contributed by atoms with Crippen LogP contribution in [0.3, 0.4) is 0 Å². The zero-order valence-corrected chi connectivity index (χ0v) is 19.7. The molecule has 8 heteroatoms. The van der Waals surface area contributed by atoms with Gasteiger partial charge < -0.3 is 9.47 Å².